The summed E-state index contributed by atoms with van der Waals surface area (Å²) in [5.41, 5.74) is 2.30. The SMILES string of the molecule is [C-]#[N+]c1cccc(O)c1C/C=C/c1ccccc1. The largest absolute Gasteiger partial charge is 0.509 e. The van der Waals surface area contributed by atoms with E-state index in [0.717, 1.165) is 5.56 Å². The van der Waals surface area contributed by atoms with E-state index in [1.54, 1.807) is 18.2 Å². The van der Waals surface area contributed by atoms with Crippen molar-refractivity contribution in [2.75, 3.05) is 0 Å². The molecule has 0 unspecified atom stereocenters. The Hall–Kier alpha value is -2.53. The van der Waals surface area contributed by atoms with E-state index in [9.17, 15) is 5.11 Å². The molecule has 2 aromatic carbocycles. The van der Waals surface area contributed by atoms with Crippen molar-refractivity contribution in [2.24, 2.45) is 0 Å². The van der Waals surface area contributed by atoms with E-state index in [0.29, 0.717) is 17.7 Å². The third-order valence-corrected chi connectivity index (χ3v) is 2.68. The maximum absolute atomic E-state index is 9.74. The van der Waals surface area contributed by atoms with Crippen molar-refractivity contribution in [3.8, 4) is 5.75 Å². The van der Waals surface area contributed by atoms with Crippen molar-refractivity contribution < 1.29 is 5.11 Å². The summed E-state index contributed by atoms with van der Waals surface area (Å²) >= 11 is 0. The van der Waals surface area contributed by atoms with Crippen molar-refractivity contribution in [3.05, 3.63) is 77.2 Å². The number of nitrogens with zero attached hydrogens (tertiary/aromatic N) is 1. The molecule has 2 aromatic rings. The Morgan fingerprint density at radius 1 is 1.06 bits per heavy atom. The van der Waals surface area contributed by atoms with Crippen LogP contribution in [0.15, 0.2) is 54.6 Å². The van der Waals surface area contributed by atoms with Crippen molar-refractivity contribution in [1.82, 2.24) is 0 Å². The van der Waals surface area contributed by atoms with E-state index >= 15 is 0 Å². The van der Waals surface area contributed by atoms with Gasteiger partial charge in [0, 0.05) is 5.56 Å². The highest BCUT2D eigenvalue weighted by atomic mass is 16.3. The lowest BCUT2D eigenvalue weighted by atomic mass is 10.1. The summed E-state index contributed by atoms with van der Waals surface area (Å²) in [7, 11) is 0. The Kier molecular flexibility index (Phi) is 3.78. The maximum atomic E-state index is 9.74. The molecule has 0 aliphatic carbocycles. The average molecular weight is 235 g/mol. The zero-order valence-electron chi connectivity index (χ0n) is 9.88. The first kappa shape index (κ1) is 11.9. The second-order valence-electron chi connectivity index (χ2n) is 3.90. The van der Waals surface area contributed by atoms with Crippen molar-refractivity contribution in [3.63, 3.8) is 0 Å². The number of hydrogen-bond donors (Lipinski definition) is 1. The molecule has 0 saturated heterocycles. The second kappa shape index (κ2) is 5.70. The van der Waals surface area contributed by atoms with Gasteiger partial charge in [-0.1, -0.05) is 54.6 Å². The minimum atomic E-state index is 0.182. The summed E-state index contributed by atoms with van der Waals surface area (Å²) in [5, 5.41) is 9.74. The topological polar surface area (TPSA) is 24.6 Å². The Morgan fingerprint density at radius 2 is 1.83 bits per heavy atom. The van der Waals surface area contributed by atoms with E-state index in [1.165, 1.54) is 0 Å². The summed E-state index contributed by atoms with van der Waals surface area (Å²) < 4.78 is 0. The number of allylic oxidation sites excluding steroid dienone is 1. The molecule has 0 radical (unpaired) electrons. The summed E-state index contributed by atoms with van der Waals surface area (Å²) in [5.74, 6) is 0.182. The standard InChI is InChI=1S/C16H13NO/c1-17-15-11-6-12-16(18)14(15)10-5-9-13-7-3-2-4-8-13/h2-9,11-12,18H,10H2/b9-5+. The van der Waals surface area contributed by atoms with Gasteiger partial charge in [0.1, 0.15) is 5.75 Å². The third-order valence-electron chi connectivity index (χ3n) is 2.68. The fourth-order valence-corrected chi connectivity index (χ4v) is 1.75. The van der Waals surface area contributed by atoms with Crippen molar-refractivity contribution in [1.29, 1.82) is 0 Å². The number of benzene rings is 2. The minimum Gasteiger partial charge on any atom is -0.509 e. The van der Waals surface area contributed by atoms with E-state index in [2.05, 4.69) is 4.85 Å². The highest BCUT2D eigenvalue weighted by molar-refractivity contribution is 5.60. The lowest BCUT2D eigenvalue weighted by Gasteiger charge is -2.03. The zero-order chi connectivity index (χ0) is 12.8. The predicted octanol–water partition coefficient (Wildman–Crippen LogP) is 4.20. The quantitative estimate of drug-likeness (QED) is 0.792. The maximum Gasteiger partial charge on any atom is 0.194 e. The molecule has 1 N–H and O–H groups in total. The number of hydrogen-bond acceptors (Lipinski definition) is 1. The first-order valence-electron chi connectivity index (χ1n) is 5.71. The second-order valence-corrected chi connectivity index (χ2v) is 3.90. The molecule has 0 saturated carbocycles. The normalized spacial score (nSPS) is 10.4. The lowest BCUT2D eigenvalue weighted by molar-refractivity contribution is 0.470. The van der Waals surface area contributed by atoms with Crippen LogP contribution in [0.5, 0.6) is 5.75 Å². The van der Waals surface area contributed by atoms with Crippen LogP contribution in [-0.4, -0.2) is 5.11 Å². The van der Waals surface area contributed by atoms with Crippen LogP contribution < -0.4 is 0 Å². The highest BCUT2D eigenvalue weighted by Gasteiger charge is 2.04. The number of phenolic OH excluding ortho intramolecular Hbond substituents is 1. The van der Waals surface area contributed by atoms with Gasteiger partial charge in [-0.15, -0.1) is 0 Å². The van der Waals surface area contributed by atoms with Crippen LogP contribution >= 0.6 is 0 Å². The smallest absolute Gasteiger partial charge is 0.194 e. The third kappa shape index (κ3) is 2.78. The summed E-state index contributed by atoms with van der Waals surface area (Å²) in [6, 6.07) is 15.0. The highest BCUT2D eigenvalue weighted by Crippen LogP contribution is 2.28. The molecule has 0 fully saturated rings. The Labute approximate surface area is 107 Å². The molecular weight excluding hydrogens is 222 g/mol. The van der Waals surface area contributed by atoms with Gasteiger partial charge >= 0.3 is 0 Å². The van der Waals surface area contributed by atoms with E-state index in [-0.39, 0.29) is 5.75 Å². The lowest BCUT2D eigenvalue weighted by Crippen LogP contribution is -1.83. The van der Waals surface area contributed by atoms with Gasteiger partial charge in [0.15, 0.2) is 5.69 Å². The monoisotopic (exact) mass is 235 g/mol. The van der Waals surface area contributed by atoms with E-state index in [1.807, 2.05) is 42.5 Å². The van der Waals surface area contributed by atoms with Crippen LogP contribution in [0, 0.1) is 6.57 Å². The fraction of sp³-hybridized carbons (Fsp3) is 0.0625. The molecule has 0 aromatic heterocycles. The van der Waals surface area contributed by atoms with Crippen LogP contribution in [0.2, 0.25) is 0 Å². The average Bonchev–Trinajstić information content (AvgIpc) is 2.41. The molecule has 0 spiro atoms. The molecule has 88 valence electrons. The molecule has 0 aliphatic rings. The molecule has 2 nitrogen and oxygen atoms in total. The summed E-state index contributed by atoms with van der Waals surface area (Å²) in [6.45, 7) is 7.07. The van der Waals surface area contributed by atoms with Gasteiger partial charge in [-0.3, -0.25) is 0 Å². The van der Waals surface area contributed by atoms with E-state index in [4.69, 9.17) is 6.57 Å². The number of phenols is 1. The van der Waals surface area contributed by atoms with Gasteiger partial charge < -0.3 is 5.11 Å². The number of rotatable bonds is 3. The van der Waals surface area contributed by atoms with Crippen LogP contribution in [0.1, 0.15) is 11.1 Å². The van der Waals surface area contributed by atoms with Gasteiger partial charge in [-0.25, -0.2) is 4.85 Å². The summed E-state index contributed by atoms with van der Waals surface area (Å²) in [4.78, 5) is 3.41. The van der Waals surface area contributed by atoms with Gasteiger partial charge in [0.2, 0.25) is 0 Å². The molecule has 0 bridgehead atoms. The number of aromatic hydroxyl groups is 1. The zero-order valence-corrected chi connectivity index (χ0v) is 9.88. The molecule has 2 rings (SSSR count). The van der Waals surface area contributed by atoms with Crippen LogP contribution in [0.3, 0.4) is 0 Å². The fourth-order valence-electron chi connectivity index (χ4n) is 1.75. The first-order valence-corrected chi connectivity index (χ1v) is 5.71. The summed E-state index contributed by atoms with van der Waals surface area (Å²) in [6.07, 6.45) is 4.50. The van der Waals surface area contributed by atoms with Gasteiger partial charge in [-0.05, 0) is 18.1 Å². The van der Waals surface area contributed by atoms with Gasteiger partial charge in [0.05, 0.1) is 6.57 Å². The Morgan fingerprint density at radius 3 is 2.56 bits per heavy atom. The molecular formula is C16H13NO. The van der Waals surface area contributed by atoms with Crippen molar-refractivity contribution >= 4 is 11.8 Å². The molecule has 0 amide bonds. The minimum absolute atomic E-state index is 0.182. The van der Waals surface area contributed by atoms with Crippen LogP contribution in [0.25, 0.3) is 10.9 Å². The van der Waals surface area contributed by atoms with Crippen LogP contribution in [0.4, 0.5) is 5.69 Å². The molecule has 0 heterocycles. The first-order chi connectivity index (χ1) is 8.81. The van der Waals surface area contributed by atoms with Crippen LogP contribution in [-0.2, 0) is 6.42 Å². The molecule has 0 atom stereocenters. The molecule has 2 heteroatoms. The van der Waals surface area contributed by atoms with Crippen molar-refractivity contribution in [2.45, 2.75) is 6.42 Å². The molecule has 18 heavy (non-hydrogen) atoms. The van der Waals surface area contributed by atoms with E-state index < -0.39 is 0 Å². The van der Waals surface area contributed by atoms with Gasteiger partial charge in [-0.2, -0.15) is 0 Å². The Bertz CT molecular complexity index is 594. The molecule has 0 aliphatic heterocycles. The Balaban J connectivity index is 2.16. The van der Waals surface area contributed by atoms with Gasteiger partial charge in [0.25, 0.3) is 0 Å². The predicted molar refractivity (Wildman–Crippen MR) is 73.5 cm³/mol.